The van der Waals surface area contributed by atoms with Gasteiger partial charge in [-0.15, -0.1) is 0 Å². The molecular weight excluding hydrogens is 106 g/mol. The Kier molecular flexibility index (Phi) is 0.837. The van der Waals surface area contributed by atoms with E-state index in [2.05, 4.69) is 17.1 Å². The third kappa shape index (κ3) is 0.500. The summed E-state index contributed by atoms with van der Waals surface area (Å²) in [4.78, 5) is 0. The number of nitrogens with one attached hydrogen (secondary N) is 1. The molecule has 0 aromatic rings. The highest BCUT2D eigenvalue weighted by atomic mass is 32.2. The second kappa shape index (κ2) is 1.39. The van der Waals surface area contributed by atoms with Gasteiger partial charge in [-0.05, 0) is 11.7 Å². The topological polar surface area (TPSA) is 12.0 Å². The summed E-state index contributed by atoms with van der Waals surface area (Å²) in [6.45, 7) is 1.29. The molecule has 0 saturated carbocycles. The summed E-state index contributed by atoms with van der Waals surface area (Å²) in [5.41, 5.74) is 0. The Morgan fingerprint density at radius 3 is 2.71 bits per heavy atom. The average molecular weight is 115 g/mol. The first-order valence-corrected chi connectivity index (χ1v) is 3.93. The van der Waals surface area contributed by atoms with Crippen LogP contribution in [-0.4, -0.2) is 24.1 Å². The van der Waals surface area contributed by atoms with E-state index >= 15 is 0 Å². The fourth-order valence-electron chi connectivity index (χ4n) is 1.17. The Labute approximate surface area is 47.9 Å². The van der Waals surface area contributed by atoms with Gasteiger partial charge in [-0.2, -0.15) is 11.8 Å². The molecule has 2 heteroatoms. The van der Waals surface area contributed by atoms with E-state index in [-0.39, 0.29) is 0 Å². The van der Waals surface area contributed by atoms with Crippen molar-refractivity contribution in [3.8, 4) is 0 Å². The minimum absolute atomic E-state index is 0.907. The van der Waals surface area contributed by atoms with Crippen molar-refractivity contribution >= 4 is 11.8 Å². The van der Waals surface area contributed by atoms with Gasteiger partial charge in [-0.25, -0.2) is 0 Å². The highest BCUT2D eigenvalue weighted by molar-refractivity contribution is 7.99. The maximum absolute atomic E-state index is 3.39. The maximum atomic E-state index is 3.39. The molecule has 0 amide bonds. The van der Waals surface area contributed by atoms with Crippen molar-refractivity contribution in [3.05, 3.63) is 0 Å². The van der Waals surface area contributed by atoms with Crippen LogP contribution in [0.2, 0.25) is 0 Å². The van der Waals surface area contributed by atoms with Gasteiger partial charge in [-0.1, -0.05) is 0 Å². The van der Waals surface area contributed by atoms with Crippen molar-refractivity contribution in [3.63, 3.8) is 0 Å². The summed E-state index contributed by atoms with van der Waals surface area (Å²) in [5.74, 6) is 3.83. The molecule has 0 radical (unpaired) electrons. The molecule has 2 fully saturated rings. The molecule has 2 rings (SSSR count). The quantitative estimate of drug-likeness (QED) is 0.488. The van der Waals surface area contributed by atoms with Gasteiger partial charge in [0.15, 0.2) is 0 Å². The Balaban J connectivity index is 2.03. The Hall–Kier alpha value is 0.310. The lowest BCUT2D eigenvalue weighted by molar-refractivity contribution is 0.297. The lowest BCUT2D eigenvalue weighted by Gasteiger charge is -2.30. The largest absolute Gasteiger partial charge is 0.312 e. The van der Waals surface area contributed by atoms with E-state index in [1.807, 2.05) is 0 Å². The molecule has 40 valence electrons. The third-order valence-electron chi connectivity index (χ3n) is 1.84. The smallest absolute Gasteiger partial charge is 0.0206 e. The summed E-state index contributed by atoms with van der Waals surface area (Å²) < 4.78 is 0. The predicted molar refractivity (Wildman–Crippen MR) is 32.6 cm³/mol. The second-order valence-corrected chi connectivity index (χ2v) is 3.39. The van der Waals surface area contributed by atoms with Crippen LogP contribution in [0, 0.1) is 5.92 Å². The zero-order valence-electron chi connectivity index (χ0n) is 4.18. The SMILES string of the molecule is C1NC2CSCC12. The molecule has 2 atom stereocenters. The zero-order chi connectivity index (χ0) is 4.69. The van der Waals surface area contributed by atoms with Crippen LogP contribution < -0.4 is 5.32 Å². The molecule has 0 bridgehead atoms. The number of hydrogen-bond acceptors (Lipinski definition) is 2. The highest BCUT2D eigenvalue weighted by Crippen LogP contribution is 2.28. The maximum Gasteiger partial charge on any atom is 0.0206 e. The minimum Gasteiger partial charge on any atom is -0.312 e. The van der Waals surface area contributed by atoms with Crippen LogP contribution in [0.1, 0.15) is 0 Å². The van der Waals surface area contributed by atoms with Gasteiger partial charge < -0.3 is 5.32 Å². The molecule has 0 spiro atoms. The van der Waals surface area contributed by atoms with Gasteiger partial charge in [0.1, 0.15) is 0 Å². The summed E-state index contributed by atoms with van der Waals surface area (Å²) in [7, 11) is 0. The predicted octanol–water partition coefficient (Wildman–Crippen LogP) is 0.321. The molecule has 7 heavy (non-hydrogen) atoms. The van der Waals surface area contributed by atoms with Crippen LogP contribution in [0.15, 0.2) is 0 Å². The van der Waals surface area contributed by atoms with Gasteiger partial charge in [0.2, 0.25) is 0 Å². The molecule has 0 aromatic carbocycles. The fraction of sp³-hybridized carbons (Fsp3) is 1.00. The van der Waals surface area contributed by atoms with E-state index < -0.39 is 0 Å². The number of fused-ring (bicyclic) bond motifs is 1. The standard InChI is InChI=1S/C5H9NS/c1-4-2-7-3-5(4)6-1/h4-6H,1-3H2. The van der Waals surface area contributed by atoms with E-state index in [4.69, 9.17) is 0 Å². The van der Waals surface area contributed by atoms with Crippen LogP contribution in [0.5, 0.6) is 0 Å². The van der Waals surface area contributed by atoms with E-state index in [0.717, 1.165) is 12.0 Å². The number of hydrogen-bond donors (Lipinski definition) is 1. The summed E-state index contributed by atoms with van der Waals surface area (Å²) in [6, 6.07) is 0.907. The van der Waals surface area contributed by atoms with E-state index in [0.29, 0.717) is 0 Å². The summed E-state index contributed by atoms with van der Waals surface area (Å²) >= 11 is 2.09. The van der Waals surface area contributed by atoms with Gasteiger partial charge in [0.05, 0.1) is 0 Å². The lowest BCUT2D eigenvalue weighted by atomic mass is 9.96. The van der Waals surface area contributed by atoms with Crippen molar-refractivity contribution in [2.45, 2.75) is 6.04 Å². The third-order valence-corrected chi connectivity index (χ3v) is 3.10. The molecular formula is C5H9NS. The van der Waals surface area contributed by atoms with Gasteiger partial charge in [0, 0.05) is 18.3 Å². The monoisotopic (exact) mass is 115 g/mol. The molecule has 1 N–H and O–H groups in total. The molecule has 1 nitrogen and oxygen atoms in total. The van der Waals surface area contributed by atoms with Crippen molar-refractivity contribution in [1.82, 2.24) is 5.32 Å². The molecule has 0 aromatic heterocycles. The van der Waals surface area contributed by atoms with Crippen molar-refractivity contribution < 1.29 is 0 Å². The zero-order valence-corrected chi connectivity index (χ0v) is 5.00. The van der Waals surface area contributed by atoms with Crippen LogP contribution >= 0.6 is 11.8 Å². The van der Waals surface area contributed by atoms with Gasteiger partial charge in [0.25, 0.3) is 0 Å². The van der Waals surface area contributed by atoms with Crippen LogP contribution in [-0.2, 0) is 0 Å². The first-order valence-electron chi connectivity index (χ1n) is 2.78. The van der Waals surface area contributed by atoms with Crippen molar-refractivity contribution in [2.75, 3.05) is 18.1 Å². The molecule has 0 aliphatic carbocycles. The van der Waals surface area contributed by atoms with Gasteiger partial charge in [-0.3, -0.25) is 0 Å². The van der Waals surface area contributed by atoms with E-state index in [9.17, 15) is 0 Å². The Morgan fingerprint density at radius 1 is 1.43 bits per heavy atom. The molecule has 2 unspecified atom stereocenters. The second-order valence-electron chi connectivity index (χ2n) is 2.31. The van der Waals surface area contributed by atoms with Gasteiger partial charge >= 0.3 is 0 Å². The highest BCUT2D eigenvalue weighted by Gasteiger charge is 2.34. The number of rotatable bonds is 0. The lowest BCUT2D eigenvalue weighted by Crippen LogP contribution is -2.51. The first-order chi connectivity index (χ1) is 3.47. The normalized spacial score (nSPS) is 48.0. The van der Waals surface area contributed by atoms with E-state index in [1.165, 1.54) is 18.1 Å². The minimum atomic E-state index is 0.907. The van der Waals surface area contributed by atoms with Crippen molar-refractivity contribution in [2.24, 2.45) is 5.92 Å². The van der Waals surface area contributed by atoms with E-state index in [1.54, 1.807) is 0 Å². The molecule has 2 heterocycles. The molecule has 2 aliphatic rings. The van der Waals surface area contributed by atoms with Crippen LogP contribution in [0.25, 0.3) is 0 Å². The summed E-state index contributed by atoms with van der Waals surface area (Å²) in [5, 5.41) is 3.39. The number of thioether (sulfide) groups is 1. The average Bonchev–Trinajstić information content (AvgIpc) is 1.85. The molecule has 2 saturated heterocycles. The summed E-state index contributed by atoms with van der Waals surface area (Å²) in [6.07, 6.45) is 0. The first kappa shape index (κ1) is 4.21. The van der Waals surface area contributed by atoms with Crippen molar-refractivity contribution in [1.29, 1.82) is 0 Å². The van der Waals surface area contributed by atoms with Crippen LogP contribution in [0.3, 0.4) is 0 Å². The van der Waals surface area contributed by atoms with Crippen LogP contribution in [0.4, 0.5) is 0 Å². The fourth-order valence-corrected chi connectivity index (χ4v) is 2.60. The Bertz CT molecular complexity index is 74.1. The molecule has 2 aliphatic heterocycles. The Morgan fingerprint density at radius 2 is 2.43 bits per heavy atom.